The van der Waals surface area contributed by atoms with Crippen molar-refractivity contribution in [1.29, 1.82) is 0 Å². The fraction of sp³-hybridized carbons (Fsp3) is 0.455. The van der Waals surface area contributed by atoms with Crippen molar-refractivity contribution in [2.45, 2.75) is 80.6 Å². The summed E-state index contributed by atoms with van der Waals surface area (Å²) in [4.78, 5) is 38.6. The second-order valence-electron chi connectivity index (χ2n) is 10.1. The lowest BCUT2D eigenvalue weighted by Gasteiger charge is -2.27. The predicted molar refractivity (Wildman–Crippen MR) is 182 cm³/mol. The number of carbonyl (C=O) groups excluding carboxylic acids is 1. The first-order valence-corrected chi connectivity index (χ1v) is 15.6. The van der Waals surface area contributed by atoms with Gasteiger partial charge in [-0.25, -0.2) is 15.0 Å². The van der Waals surface area contributed by atoms with E-state index in [2.05, 4.69) is 49.3 Å². The number of carboxylic acid groups (broad SMARTS) is 1. The lowest BCUT2D eigenvalue weighted by atomic mass is 9.77. The van der Waals surface area contributed by atoms with Gasteiger partial charge in [-0.15, -0.1) is 0 Å². The molecule has 0 saturated heterocycles. The quantitative estimate of drug-likeness (QED) is 0.133. The normalized spacial score (nSPS) is 11.3. The van der Waals surface area contributed by atoms with E-state index in [0.717, 1.165) is 82.1 Å². The number of carbonyl (C=O) groups is 2. The summed E-state index contributed by atoms with van der Waals surface area (Å²) in [5, 5.41) is 15.5. The summed E-state index contributed by atoms with van der Waals surface area (Å²) in [7, 11) is 1.87. The van der Waals surface area contributed by atoms with Crippen molar-refractivity contribution < 1.29 is 14.7 Å². The molecule has 0 atom stereocenters. The van der Waals surface area contributed by atoms with E-state index in [1.165, 1.54) is 0 Å². The maximum absolute atomic E-state index is 11.0. The molecule has 0 aliphatic heterocycles. The molecular weight excluding hydrogens is 560 g/mol. The third kappa shape index (κ3) is 11.4. The monoisotopic (exact) mass is 608 g/mol. The van der Waals surface area contributed by atoms with Crippen LogP contribution in [0.3, 0.4) is 0 Å². The number of nitrogens with one attached hydrogen (secondary N) is 2. The molecule has 0 bridgehead atoms. The van der Waals surface area contributed by atoms with Gasteiger partial charge in [-0.2, -0.15) is 0 Å². The van der Waals surface area contributed by atoms with Gasteiger partial charge in [-0.3, -0.25) is 14.6 Å². The molecule has 0 saturated carbocycles. The van der Waals surface area contributed by atoms with E-state index in [1.54, 1.807) is 23.7 Å². The molecule has 0 radical (unpaired) electrons. The molecule has 3 rings (SSSR count). The summed E-state index contributed by atoms with van der Waals surface area (Å²) >= 11 is 1.60. The van der Waals surface area contributed by atoms with Crippen LogP contribution in [0.2, 0.25) is 0 Å². The Kier molecular flexibility index (Phi) is 16.7. The fourth-order valence-corrected chi connectivity index (χ4v) is 5.32. The van der Waals surface area contributed by atoms with Crippen molar-refractivity contribution in [1.82, 2.24) is 20.3 Å². The topological polar surface area (TPSA) is 129 Å². The van der Waals surface area contributed by atoms with E-state index in [-0.39, 0.29) is 0 Å². The van der Waals surface area contributed by atoms with E-state index in [1.807, 2.05) is 67.7 Å². The van der Waals surface area contributed by atoms with Crippen LogP contribution in [0.4, 0.5) is 5.13 Å². The summed E-state index contributed by atoms with van der Waals surface area (Å²) in [5.74, 6) is 0.0798. The number of thiazole rings is 1. The largest absolute Gasteiger partial charge is 0.481 e. The molecule has 0 aliphatic rings. The number of benzene rings is 1. The number of allylic oxidation sites excluding steroid dienone is 2. The lowest BCUT2D eigenvalue weighted by Crippen LogP contribution is -2.30. The molecular formula is C33H48N6O3S. The number of nitrogens with zero attached hydrogens (tertiary/aromatic N) is 4. The number of carboxylic acids is 1. The predicted octanol–water partition coefficient (Wildman–Crippen LogP) is 7.93. The van der Waals surface area contributed by atoms with Crippen LogP contribution in [-0.4, -0.2) is 52.2 Å². The Morgan fingerprint density at radius 2 is 1.84 bits per heavy atom. The number of fused-ring (bicyclic) bond motifs is 1. The molecule has 0 spiro atoms. The van der Waals surface area contributed by atoms with Crippen molar-refractivity contribution >= 4 is 51.0 Å². The molecule has 43 heavy (non-hydrogen) atoms. The highest BCUT2D eigenvalue weighted by Crippen LogP contribution is 2.37. The van der Waals surface area contributed by atoms with Crippen molar-refractivity contribution in [2.75, 3.05) is 18.9 Å². The van der Waals surface area contributed by atoms with Crippen LogP contribution in [0.5, 0.6) is 0 Å². The van der Waals surface area contributed by atoms with Crippen LogP contribution >= 0.6 is 11.3 Å². The van der Waals surface area contributed by atoms with Gasteiger partial charge in [-0.05, 0) is 70.7 Å². The summed E-state index contributed by atoms with van der Waals surface area (Å²) in [5.41, 5.74) is 5.10. The van der Waals surface area contributed by atoms with Crippen molar-refractivity contribution in [3.05, 3.63) is 53.9 Å². The van der Waals surface area contributed by atoms with Gasteiger partial charge in [0.1, 0.15) is 0 Å². The molecule has 10 heteroatoms. The van der Waals surface area contributed by atoms with Gasteiger partial charge in [0.2, 0.25) is 6.41 Å². The first kappa shape index (κ1) is 37.1. The van der Waals surface area contributed by atoms with Gasteiger partial charge in [0.15, 0.2) is 11.0 Å². The number of hydrogen-bond donors (Lipinski definition) is 3. The molecule has 1 amide bonds. The Bertz CT molecular complexity index is 1390. The van der Waals surface area contributed by atoms with E-state index < -0.39 is 11.4 Å². The van der Waals surface area contributed by atoms with Crippen LogP contribution < -0.4 is 10.6 Å². The zero-order chi connectivity index (χ0) is 32.4. The molecule has 2 heterocycles. The highest BCUT2D eigenvalue weighted by atomic mass is 32.1. The number of aliphatic carboxylic acids is 1. The average Bonchev–Trinajstić information content (AvgIpc) is 3.41. The van der Waals surface area contributed by atoms with E-state index in [4.69, 9.17) is 5.11 Å². The number of rotatable bonds is 13. The molecule has 0 unspecified atom stereocenters. The van der Waals surface area contributed by atoms with Gasteiger partial charge >= 0.3 is 5.97 Å². The zero-order valence-corrected chi connectivity index (χ0v) is 27.8. The Balaban J connectivity index is 0.000000453. The van der Waals surface area contributed by atoms with Crippen LogP contribution in [0.25, 0.3) is 27.3 Å². The van der Waals surface area contributed by atoms with Crippen LogP contribution in [-0.2, 0) is 9.59 Å². The Morgan fingerprint density at radius 3 is 2.28 bits per heavy atom. The van der Waals surface area contributed by atoms with E-state index in [0.29, 0.717) is 12.2 Å². The highest BCUT2D eigenvalue weighted by molar-refractivity contribution is 7.22. The number of hydrogen-bond acceptors (Lipinski definition) is 8. The summed E-state index contributed by atoms with van der Waals surface area (Å²) in [6.45, 7) is 18.4. The van der Waals surface area contributed by atoms with E-state index >= 15 is 0 Å². The number of anilines is 1. The maximum atomic E-state index is 11.0. The van der Waals surface area contributed by atoms with Gasteiger partial charge < -0.3 is 15.7 Å². The Morgan fingerprint density at radius 1 is 1.16 bits per heavy atom. The van der Waals surface area contributed by atoms with Crippen LogP contribution in [0.1, 0.15) is 84.9 Å². The number of aliphatic imine (C=N–C) groups is 1. The second kappa shape index (κ2) is 19.3. The minimum absolute atomic E-state index is 0.441. The van der Waals surface area contributed by atoms with Gasteiger partial charge in [0, 0.05) is 42.8 Å². The van der Waals surface area contributed by atoms with Crippen LogP contribution in [0.15, 0.2) is 47.6 Å². The molecule has 3 aromatic rings. The van der Waals surface area contributed by atoms with Gasteiger partial charge in [0.25, 0.3) is 0 Å². The Labute approximate surface area is 260 Å². The van der Waals surface area contributed by atoms with Crippen molar-refractivity contribution in [2.24, 2.45) is 10.4 Å². The lowest BCUT2D eigenvalue weighted by molar-refractivity contribution is -0.150. The first-order chi connectivity index (χ1) is 20.6. The Hall–Kier alpha value is -3.92. The van der Waals surface area contributed by atoms with Crippen molar-refractivity contribution in [3.63, 3.8) is 0 Å². The minimum atomic E-state index is -0.617. The SMILES string of the molecule is C=C(C)C=N/C(=C\C)c1cc(-c2nccc(C)n2)c2sc(NC)nc2c1.CCCC(CC)(CCC)C(=O)O.CCNC=O. The first-order valence-electron chi connectivity index (χ1n) is 14.7. The van der Waals surface area contributed by atoms with Gasteiger partial charge in [-0.1, -0.05) is 57.6 Å². The minimum Gasteiger partial charge on any atom is -0.481 e. The molecule has 1 aromatic carbocycles. The molecule has 3 N–H and O–H groups in total. The molecule has 0 fully saturated rings. The highest BCUT2D eigenvalue weighted by Gasteiger charge is 2.34. The summed E-state index contributed by atoms with van der Waals surface area (Å²) in [6, 6.07) is 6.03. The average molecular weight is 609 g/mol. The van der Waals surface area contributed by atoms with Crippen LogP contribution in [0, 0.1) is 12.3 Å². The number of aryl methyl sites for hydroxylation is 1. The molecule has 0 aliphatic carbocycles. The summed E-state index contributed by atoms with van der Waals surface area (Å²) in [6.07, 6.45) is 10.5. The maximum Gasteiger partial charge on any atom is 0.309 e. The summed E-state index contributed by atoms with van der Waals surface area (Å²) < 4.78 is 1.06. The van der Waals surface area contributed by atoms with Gasteiger partial charge in [0.05, 0.1) is 21.3 Å². The van der Waals surface area contributed by atoms with E-state index in [9.17, 15) is 9.59 Å². The molecule has 234 valence electrons. The fourth-order valence-electron chi connectivity index (χ4n) is 4.41. The smallest absolute Gasteiger partial charge is 0.309 e. The van der Waals surface area contributed by atoms with Crippen molar-refractivity contribution in [3.8, 4) is 11.4 Å². The number of amides is 1. The number of aromatic nitrogens is 3. The second-order valence-corrected chi connectivity index (χ2v) is 11.1. The third-order valence-electron chi connectivity index (χ3n) is 6.61. The third-order valence-corrected chi connectivity index (χ3v) is 7.73. The molecule has 2 aromatic heterocycles. The molecule has 9 nitrogen and oxygen atoms in total. The standard InChI is InChI=1S/C20H21N5S.C10H20O2.C3H7NO/c1-6-16(23-11-12(2)3)14-9-15(19-22-8-7-13(4)24-19)18-17(10-14)25-20(21-5)26-18;1-4-7-10(6-3,8-5-2)9(11)12;1-2-4-3-5/h6-11H,2H2,1,3-5H3,(H,21,25);4-8H2,1-3H3,(H,11,12);3H,2H2,1H3,(H,4,5)/b16-6-,23-11?;;. The zero-order valence-electron chi connectivity index (χ0n) is 27.0.